The molecule has 0 radical (unpaired) electrons. The first-order chi connectivity index (χ1) is 13.4. The first kappa shape index (κ1) is 20.6. The Morgan fingerprint density at radius 2 is 2.07 bits per heavy atom. The van der Waals surface area contributed by atoms with Crippen LogP contribution < -0.4 is 9.88 Å². The van der Waals surface area contributed by atoms with Gasteiger partial charge >= 0.3 is 0 Å². The van der Waals surface area contributed by atoms with Crippen LogP contribution >= 0.6 is 11.8 Å². The van der Waals surface area contributed by atoms with E-state index in [0.717, 1.165) is 34.9 Å². The number of nitriles is 1. The lowest BCUT2D eigenvalue weighted by atomic mass is 9.89. The summed E-state index contributed by atoms with van der Waals surface area (Å²) in [6, 6.07) is 13.2. The van der Waals surface area contributed by atoms with Gasteiger partial charge in [0.05, 0.1) is 23.1 Å². The molecule has 0 saturated carbocycles. The fourth-order valence-corrected chi connectivity index (χ4v) is 5.50. The third-order valence-corrected chi connectivity index (χ3v) is 7.74. The van der Waals surface area contributed by atoms with Crippen molar-refractivity contribution in [3.8, 4) is 23.1 Å². The minimum atomic E-state index is -3.55. The molecule has 1 saturated heterocycles. The number of hydrogen-bond donors (Lipinski definition) is 1. The second-order valence-electron chi connectivity index (χ2n) is 6.96. The van der Waals surface area contributed by atoms with Gasteiger partial charge in [-0.2, -0.15) is 17.0 Å². The summed E-state index contributed by atoms with van der Waals surface area (Å²) in [5, 5.41) is 13.7. The fourth-order valence-electron chi connectivity index (χ4n) is 3.40. The minimum Gasteiger partial charge on any atom is -0.493 e. The van der Waals surface area contributed by atoms with E-state index in [4.69, 9.17) is 15.1 Å². The summed E-state index contributed by atoms with van der Waals surface area (Å²) in [4.78, 5) is 4.29. The molecule has 6 nitrogen and oxygen atoms in total. The van der Waals surface area contributed by atoms with E-state index in [9.17, 15) is 8.42 Å². The summed E-state index contributed by atoms with van der Waals surface area (Å²) in [5.74, 6) is 2.71. The summed E-state index contributed by atoms with van der Waals surface area (Å²) in [7, 11) is -3.55. The molecule has 3 rings (SSSR count). The summed E-state index contributed by atoms with van der Waals surface area (Å²) in [5.41, 5.74) is 2.25. The van der Waals surface area contributed by atoms with Gasteiger partial charge in [0.2, 0.25) is 10.0 Å². The molecule has 2 aromatic rings. The number of nitrogens with two attached hydrogens (primary N) is 1. The van der Waals surface area contributed by atoms with Crippen LogP contribution in [-0.2, 0) is 10.0 Å². The zero-order valence-corrected chi connectivity index (χ0v) is 17.2. The average molecular weight is 418 g/mol. The molecule has 1 fully saturated rings. The van der Waals surface area contributed by atoms with E-state index in [-0.39, 0.29) is 11.8 Å². The van der Waals surface area contributed by atoms with Crippen LogP contribution in [0.4, 0.5) is 0 Å². The van der Waals surface area contributed by atoms with Crippen molar-refractivity contribution in [3.05, 3.63) is 48.2 Å². The van der Waals surface area contributed by atoms with Gasteiger partial charge in [0.1, 0.15) is 11.8 Å². The minimum absolute atomic E-state index is 0.0124. The molecule has 1 aliphatic rings. The van der Waals surface area contributed by atoms with Gasteiger partial charge in [-0.05, 0) is 67.2 Å². The number of nitrogens with zero attached hydrogens (tertiary/aromatic N) is 2. The highest BCUT2D eigenvalue weighted by atomic mass is 32.2. The normalized spacial score (nSPS) is 20.9. The van der Waals surface area contributed by atoms with Crippen molar-refractivity contribution >= 4 is 21.8 Å². The van der Waals surface area contributed by atoms with Crippen LogP contribution in [-0.4, -0.2) is 36.8 Å². The Bertz CT molecular complexity index is 938. The van der Waals surface area contributed by atoms with E-state index in [1.807, 2.05) is 42.1 Å². The van der Waals surface area contributed by atoms with Crippen molar-refractivity contribution in [3.63, 3.8) is 0 Å². The second-order valence-corrected chi connectivity index (χ2v) is 10.0. The van der Waals surface area contributed by atoms with E-state index < -0.39 is 15.3 Å². The average Bonchev–Trinajstić information content (AvgIpc) is 2.72. The van der Waals surface area contributed by atoms with Crippen LogP contribution in [0, 0.1) is 23.2 Å². The van der Waals surface area contributed by atoms with Gasteiger partial charge in [0.15, 0.2) is 0 Å². The Labute approximate surface area is 170 Å². The third kappa shape index (κ3) is 5.04. The molecule has 0 spiro atoms. The molecule has 2 N–H and O–H groups in total. The summed E-state index contributed by atoms with van der Waals surface area (Å²) < 4.78 is 29.5. The molecule has 1 aromatic carbocycles. The van der Waals surface area contributed by atoms with Gasteiger partial charge in [-0.15, -0.1) is 0 Å². The molecule has 1 aromatic heterocycles. The number of benzene rings is 1. The Morgan fingerprint density at radius 1 is 1.32 bits per heavy atom. The standard InChI is InChI=1S/C20H23N3O3S2/c1-14(28(22,24)25)19-8-9-27-13-17(19)12-26-18-5-3-16(4-6-18)20-7-2-15(10-21)11-23-20/h2-7,11,14,17,19H,8-9,12-13H2,1H3,(H2,22,24,25)/t14?,17-,19?/m0/s1. The highest BCUT2D eigenvalue weighted by Gasteiger charge is 2.35. The number of aromatic nitrogens is 1. The maximum Gasteiger partial charge on any atom is 0.211 e. The van der Waals surface area contributed by atoms with Gasteiger partial charge in [-0.25, -0.2) is 13.6 Å². The second kappa shape index (κ2) is 8.95. The summed E-state index contributed by atoms with van der Waals surface area (Å²) >= 11 is 1.83. The maximum absolute atomic E-state index is 11.8. The molecule has 3 atom stereocenters. The zero-order chi connectivity index (χ0) is 20.1. The predicted octanol–water partition coefficient (Wildman–Crippen LogP) is 3.05. The van der Waals surface area contributed by atoms with Gasteiger partial charge in [-0.1, -0.05) is 0 Å². The summed E-state index contributed by atoms with van der Waals surface area (Å²) in [6.45, 7) is 2.16. The molecule has 2 heterocycles. The highest BCUT2D eigenvalue weighted by molar-refractivity contribution is 7.99. The number of thioether (sulfide) groups is 1. The third-order valence-electron chi connectivity index (χ3n) is 5.16. The molecular weight excluding hydrogens is 394 g/mol. The smallest absolute Gasteiger partial charge is 0.211 e. The molecular formula is C20H23N3O3S2. The van der Waals surface area contributed by atoms with Crippen LogP contribution in [0.15, 0.2) is 42.6 Å². The lowest BCUT2D eigenvalue weighted by Gasteiger charge is -2.34. The molecule has 8 heteroatoms. The fraction of sp³-hybridized carbons (Fsp3) is 0.400. The van der Waals surface area contributed by atoms with Crippen molar-refractivity contribution in [1.82, 2.24) is 4.98 Å². The largest absolute Gasteiger partial charge is 0.493 e. The number of sulfonamides is 1. The number of pyridine rings is 1. The molecule has 28 heavy (non-hydrogen) atoms. The van der Waals surface area contributed by atoms with Crippen LogP contribution in [0.3, 0.4) is 0 Å². The van der Waals surface area contributed by atoms with Gasteiger partial charge in [0.25, 0.3) is 0 Å². The SMILES string of the molecule is CC(C1CCSC[C@@H]1COc1ccc(-c2ccc(C#N)cn2)cc1)S(N)(=O)=O. The van der Waals surface area contributed by atoms with Crippen molar-refractivity contribution in [2.24, 2.45) is 17.0 Å². The van der Waals surface area contributed by atoms with E-state index in [2.05, 4.69) is 11.1 Å². The van der Waals surface area contributed by atoms with Crippen LogP contribution in [0.2, 0.25) is 0 Å². The van der Waals surface area contributed by atoms with Gasteiger partial charge in [-0.3, -0.25) is 4.98 Å². The first-order valence-corrected chi connectivity index (χ1v) is 11.8. The van der Waals surface area contributed by atoms with Crippen LogP contribution in [0.25, 0.3) is 11.3 Å². The lowest BCUT2D eigenvalue weighted by molar-refractivity contribution is 0.201. The van der Waals surface area contributed by atoms with Gasteiger partial charge in [0, 0.05) is 17.7 Å². The summed E-state index contributed by atoms with van der Waals surface area (Å²) in [6.07, 6.45) is 2.38. The van der Waals surface area contributed by atoms with E-state index >= 15 is 0 Å². The zero-order valence-electron chi connectivity index (χ0n) is 15.6. The van der Waals surface area contributed by atoms with Crippen molar-refractivity contribution in [1.29, 1.82) is 5.26 Å². The number of hydrogen-bond acceptors (Lipinski definition) is 6. The Kier molecular flexibility index (Phi) is 6.60. The van der Waals surface area contributed by atoms with Crippen molar-refractivity contribution in [2.75, 3.05) is 18.1 Å². The number of ether oxygens (including phenoxy) is 1. The highest BCUT2D eigenvalue weighted by Crippen LogP contribution is 2.33. The Morgan fingerprint density at radius 3 is 2.68 bits per heavy atom. The van der Waals surface area contributed by atoms with Crippen LogP contribution in [0.5, 0.6) is 5.75 Å². The molecule has 0 aliphatic carbocycles. The van der Waals surface area contributed by atoms with E-state index in [1.165, 1.54) is 0 Å². The molecule has 2 unspecified atom stereocenters. The topological polar surface area (TPSA) is 106 Å². The monoisotopic (exact) mass is 417 g/mol. The number of primary sulfonamides is 1. The van der Waals surface area contributed by atoms with E-state index in [0.29, 0.717) is 12.2 Å². The maximum atomic E-state index is 11.8. The molecule has 0 bridgehead atoms. The van der Waals surface area contributed by atoms with Crippen molar-refractivity contribution < 1.29 is 13.2 Å². The Balaban J connectivity index is 1.64. The quantitative estimate of drug-likeness (QED) is 0.774. The Hall–Kier alpha value is -2.08. The first-order valence-electron chi connectivity index (χ1n) is 9.07. The predicted molar refractivity (Wildman–Crippen MR) is 111 cm³/mol. The lowest BCUT2D eigenvalue weighted by Crippen LogP contribution is -2.41. The van der Waals surface area contributed by atoms with E-state index in [1.54, 1.807) is 19.2 Å². The molecule has 1 aliphatic heterocycles. The molecule has 148 valence electrons. The van der Waals surface area contributed by atoms with Crippen molar-refractivity contribution in [2.45, 2.75) is 18.6 Å². The van der Waals surface area contributed by atoms with Crippen LogP contribution in [0.1, 0.15) is 18.9 Å². The van der Waals surface area contributed by atoms with Gasteiger partial charge < -0.3 is 4.74 Å². The number of rotatable bonds is 6. The molecule has 0 amide bonds.